The highest BCUT2D eigenvalue weighted by Gasteiger charge is 2.36. The quantitative estimate of drug-likeness (QED) is 0.353. The third-order valence-corrected chi connectivity index (χ3v) is 6.71. The van der Waals surface area contributed by atoms with Crippen LogP contribution in [0.4, 0.5) is 4.39 Å². The van der Waals surface area contributed by atoms with Crippen molar-refractivity contribution in [1.29, 1.82) is 0 Å². The van der Waals surface area contributed by atoms with E-state index in [0.29, 0.717) is 44.3 Å². The van der Waals surface area contributed by atoms with Gasteiger partial charge in [-0.1, -0.05) is 35.9 Å². The second-order valence-electron chi connectivity index (χ2n) is 8.53. The number of hydrogen-bond acceptors (Lipinski definition) is 3. The van der Waals surface area contributed by atoms with Crippen LogP contribution in [0, 0.1) is 5.82 Å². The molecule has 0 aliphatic carbocycles. The minimum absolute atomic E-state index is 0.350. The molecule has 0 amide bonds. The van der Waals surface area contributed by atoms with Crippen LogP contribution in [0.2, 0.25) is 5.02 Å². The molecule has 0 saturated heterocycles. The van der Waals surface area contributed by atoms with E-state index >= 15 is 0 Å². The molecule has 35 heavy (non-hydrogen) atoms. The molecule has 8 heteroatoms. The SMILES string of the molecule is Cn1c(=O)c2c(-c3ccc(F)cc3)n3c(c2n(C)c1=O)[C@@H](c1cccc(Cl)c1)Oc1ccccc1-3. The van der Waals surface area contributed by atoms with E-state index in [4.69, 9.17) is 16.3 Å². The summed E-state index contributed by atoms with van der Waals surface area (Å²) in [5, 5.41) is 0.888. The molecule has 1 atom stereocenters. The normalized spacial score (nSPS) is 14.5. The van der Waals surface area contributed by atoms with E-state index < -0.39 is 17.4 Å². The molecule has 0 spiro atoms. The number of halogens is 2. The van der Waals surface area contributed by atoms with Crippen LogP contribution in [0.1, 0.15) is 17.4 Å². The fraction of sp³-hybridized carbons (Fsp3) is 0.111. The Morgan fingerprint density at radius 3 is 2.40 bits per heavy atom. The lowest BCUT2D eigenvalue weighted by atomic mass is 10.0. The zero-order valence-electron chi connectivity index (χ0n) is 18.8. The van der Waals surface area contributed by atoms with Gasteiger partial charge in [-0.05, 0) is 59.7 Å². The maximum absolute atomic E-state index is 13.9. The van der Waals surface area contributed by atoms with E-state index in [1.165, 1.54) is 23.7 Å². The van der Waals surface area contributed by atoms with Crippen molar-refractivity contribution in [3.63, 3.8) is 0 Å². The average molecular weight is 488 g/mol. The van der Waals surface area contributed by atoms with Crippen molar-refractivity contribution in [2.75, 3.05) is 0 Å². The summed E-state index contributed by atoms with van der Waals surface area (Å²) in [4.78, 5) is 26.6. The predicted molar refractivity (Wildman–Crippen MR) is 133 cm³/mol. The second kappa shape index (κ2) is 7.71. The number of hydrogen-bond donors (Lipinski definition) is 0. The molecule has 0 N–H and O–H groups in total. The highest BCUT2D eigenvalue weighted by atomic mass is 35.5. The molecule has 3 aromatic carbocycles. The Morgan fingerprint density at radius 2 is 1.66 bits per heavy atom. The standard InChI is InChI=1S/C27H19ClFN3O3/c1-30-23-21(26(33)31(2)27(30)34)22(15-10-12-18(29)13-11-15)32-19-8-3-4-9-20(19)35-25(24(23)32)16-6-5-7-17(28)14-16/h3-14,25H,1-2H3/t25-/m1/s1. The third kappa shape index (κ3) is 3.08. The van der Waals surface area contributed by atoms with Crippen molar-refractivity contribution in [1.82, 2.24) is 13.7 Å². The van der Waals surface area contributed by atoms with Crippen molar-refractivity contribution in [3.05, 3.63) is 116 Å². The Labute approximate surface area is 204 Å². The minimum Gasteiger partial charge on any atom is -0.477 e. The summed E-state index contributed by atoms with van der Waals surface area (Å²) in [5.41, 5.74) is 2.87. The van der Waals surface area contributed by atoms with Gasteiger partial charge in [-0.25, -0.2) is 9.18 Å². The van der Waals surface area contributed by atoms with Crippen molar-refractivity contribution >= 4 is 22.5 Å². The fourth-order valence-corrected chi connectivity index (χ4v) is 5.09. The molecule has 174 valence electrons. The smallest absolute Gasteiger partial charge is 0.331 e. The first-order chi connectivity index (χ1) is 16.9. The van der Waals surface area contributed by atoms with Gasteiger partial charge in [-0.2, -0.15) is 0 Å². The molecule has 0 bridgehead atoms. The van der Waals surface area contributed by atoms with Gasteiger partial charge in [-0.15, -0.1) is 0 Å². The molecular formula is C27H19ClFN3O3. The highest BCUT2D eigenvalue weighted by molar-refractivity contribution is 6.30. The molecule has 3 heterocycles. The summed E-state index contributed by atoms with van der Waals surface area (Å²) in [6.45, 7) is 0. The molecule has 1 aliphatic heterocycles. The zero-order valence-corrected chi connectivity index (χ0v) is 19.6. The fourth-order valence-electron chi connectivity index (χ4n) is 4.89. The maximum Gasteiger partial charge on any atom is 0.331 e. The second-order valence-corrected chi connectivity index (χ2v) is 8.96. The zero-order chi connectivity index (χ0) is 24.4. The lowest BCUT2D eigenvalue weighted by Gasteiger charge is -2.30. The van der Waals surface area contributed by atoms with Gasteiger partial charge >= 0.3 is 5.69 Å². The first-order valence-corrected chi connectivity index (χ1v) is 11.4. The van der Waals surface area contributed by atoms with Crippen LogP contribution >= 0.6 is 11.6 Å². The molecule has 2 aromatic heterocycles. The maximum atomic E-state index is 13.9. The van der Waals surface area contributed by atoms with Gasteiger partial charge in [0.25, 0.3) is 5.56 Å². The first kappa shape index (κ1) is 21.4. The molecule has 6 rings (SSSR count). The van der Waals surface area contributed by atoms with Gasteiger partial charge < -0.3 is 9.30 Å². The summed E-state index contributed by atoms with van der Waals surface area (Å²) < 4.78 is 24.8. The Morgan fingerprint density at radius 1 is 0.914 bits per heavy atom. The number of benzene rings is 3. The number of aromatic nitrogens is 3. The number of aryl methyl sites for hydroxylation is 1. The molecule has 0 unspecified atom stereocenters. The van der Waals surface area contributed by atoms with Gasteiger partial charge in [0.1, 0.15) is 11.6 Å². The molecular weight excluding hydrogens is 469 g/mol. The van der Waals surface area contributed by atoms with Crippen LogP contribution in [0.5, 0.6) is 5.75 Å². The lowest BCUT2D eigenvalue weighted by molar-refractivity contribution is 0.229. The van der Waals surface area contributed by atoms with Crippen LogP contribution in [-0.2, 0) is 14.1 Å². The van der Waals surface area contributed by atoms with Crippen LogP contribution in [0.3, 0.4) is 0 Å². The van der Waals surface area contributed by atoms with Crippen LogP contribution in [-0.4, -0.2) is 13.7 Å². The molecule has 0 saturated carbocycles. The number of fused-ring (bicyclic) bond motifs is 5. The van der Waals surface area contributed by atoms with Gasteiger partial charge in [0.05, 0.1) is 28.0 Å². The number of ether oxygens (including phenoxy) is 1. The van der Waals surface area contributed by atoms with E-state index in [1.54, 1.807) is 31.3 Å². The summed E-state index contributed by atoms with van der Waals surface area (Å²) in [6.07, 6.45) is -0.655. The first-order valence-electron chi connectivity index (χ1n) is 11.0. The van der Waals surface area contributed by atoms with Gasteiger partial charge in [0.2, 0.25) is 0 Å². The summed E-state index contributed by atoms with van der Waals surface area (Å²) >= 11 is 6.32. The van der Waals surface area contributed by atoms with Crippen molar-refractivity contribution < 1.29 is 9.13 Å². The van der Waals surface area contributed by atoms with Gasteiger partial charge in [-0.3, -0.25) is 13.9 Å². The van der Waals surface area contributed by atoms with E-state index in [9.17, 15) is 14.0 Å². The van der Waals surface area contributed by atoms with E-state index in [2.05, 4.69) is 0 Å². The van der Waals surface area contributed by atoms with E-state index in [1.807, 2.05) is 41.0 Å². The van der Waals surface area contributed by atoms with Gasteiger partial charge in [0, 0.05) is 19.1 Å². The summed E-state index contributed by atoms with van der Waals surface area (Å²) in [7, 11) is 3.09. The molecule has 5 aromatic rings. The van der Waals surface area contributed by atoms with Gasteiger partial charge in [0.15, 0.2) is 6.10 Å². The predicted octanol–water partition coefficient (Wildman–Crippen LogP) is 4.97. The van der Waals surface area contributed by atoms with Crippen LogP contribution in [0.15, 0.2) is 82.4 Å². The summed E-state index contributed by atoms with van der Waals surface area (Å²) in [5.74, 6) is 0.222. The number of rotatable bonds is 2. The Balaban J connectivity index is 1.86. The molecule has 0 fully saturated rings. The largest absolute Gasteiger partial charge is 0.477 e. The molecule has 1 aliphatic rings. The average Bonchev–Trinajstić information content (AvgIpc) is 3.23. The van der Waals surface area contributed by atoms with Crippen molar-refractivity contribution in [2.24, 2.45) is 14.1 Å². The third-order valence-electron chi connectivity index (χ3n) is 6.48. The van der Waals surface area contributed by atoms with Crippen molar-refractivity contribution in [3.8, 4) is 22.7 Å². The minimum atomic E-state index is -0.655. The Hall–Kier alpha value is -4.10. The van der Waals surface area contributed by atoms with E-state index in [-0.39, 0.29) is 5.82 Å². The van der Waals surface area contributed by atoms with Crippen LogP contribution in [0.25, 0.3) is 27.8 Å². The Kier molecular flexibility index (Phi) is 4.72. The van der Waals surface area contributed by atoms with Crippen LogP contribution < -0.4 is 16.0 Å². The number of para-hydroxylation sites is 2. The Bertz CT molecular complexity index is 1770. The monoisotopic (exact) mass is 487 g/mol. The number of nitrogens with zero attached hydrogens (tertiary/aromatic N) is 3. The van der Waals surface area contributed by atoms with Crippen molar-refractivity contribution in [2.45, 2.75) is 6.10 Å². The molecule has 0 radical (unpaired) electrons. The summed E-state index contributed by atoms with van der Waals surface area (Å²) in [6, 6.07) is 20.8. The highest BCUT2D eigenvalue weighted by Crippen LogP contribution is 2.46. The lowest BCUT2D eigenvalue weighted by Crippen LogP contribution is -2.37. The van der Waals surface area contributed by atoms with E-state index in [0.717, 1.165) is 10.1 Å². The molecule has 6 nitrogen and oxygen atoms in total. The topological polar surface area (TPSA) is 58.2 Å².